The predicted octanol–water partition coefficient (Wildman–Crippen LogP) is 2.15. The summed E-state index contributed by atoms with van der Waals surface area (Å²) in [5.74, 6) is -1.47. The van der Waals surface area contributed by atoms with Crippen molar-refractivity contribution in [3.63, 3.8) is 0 Å². The van der Waals surface area contributed by atoms with Gasteiger partial charge in [-0.3, -0.25) is 15.5 Å². The van der Waals surface area contributed by atoms with E-state index >= 15 is 0 Å². The molecule has 2 aromatic rings. The van der Waals surface area contributed by atoms with Crippen LogP contribution in [0.25, 0.3) is 11.1 Å². The van der Waals surface area contributed by atoms with Gasteiger partial charge in [-0.15, -0.1) is 0 Å². The van der Waals surface area contributed by atoms with E-state index in [1.807, 2.05) is 6.07 Å². The van der Waals surface area contributed by atoms with Crippen LogP contribution in [0.3, 0.4) is 0 Å². The first-order valence-electron chi connectivity index (χ1n) is 7.09. The quantitative estimate of drug-likeness (QED) is 0.510. The minimum Gasteiger partial charge on any atom is -0.507 e. The number of nitrogens with zero attached hydrogens (tertiary/aromatic N) is 1. The third kappa shape index (κ3) is 3.67. The Hall–Kier alpha value is -3.40. The molecule has 6 nitrogen and oxygen atoms in total. The molecule has 0 aliphatic heterocycles. The molecule has 2 aromatic carbocycles. The van der Waals surface area contributed by atoms with E-state index < -0.39 is 18.5 Å². The highest BCUT2D eigenvalue weighted by Gasteiger charge is 2.21. The number of phenolic OH excluding ortho intramolecular Hbond substituents is 1. The third-order valence-corrected chi connectivity index (χ3v) is 3.23. The number of nitriles is 1. The van der Waals surface area contributed by atoms with Gasteiger partial charge < -0.3 is 10.4 Å². The van der Waals surface area contributed by atoms with Crippen molar-refractivity contribution in [3.05, 3.63) is 53.6 Å². The number of carbonyl (C=O) groups is 1. The van der Waals surface area contributed by atoms with Crippen molar-refractivity contribution in [2.24, 2.45) is 0 Å². The molecule has 0 aromatic heterocycles. The second kappa shape index (κ2) is 7.74. The zero-order valence-electron chi connectivity index (χ0n) is 12.6. The standard InChI is InChI=1S/C17H15FN4O2/c18-8-9-21-17(20)22-16(24)15-13(23)7-6-12(10-19)14(15)11-4-2-1-3-5-11/h1-7,23H,8-9H2,(H3,20,21,22,24). The van der Waals surface area contributed by atoms with Gasteiger partial charge in [0, 0.05) is 12.1 Å². The van der Waals surface area contributed by atoms with E-state index in [1.165, 1.54) is 12.1 Å². The zero-order valence-corrected chi connectivity index (χ0v) is 12.6. The van der Waals surface area contributed by atoms with Gasteiger partial charge in [-0.25, -0.2) is 4.39 Å². The van der Waals surface area contributed by atoms with Gasteiger partial charge in [0.05, 0.1) is 17.2 Å². The lowest BCUT2D eigenvalue weighted by Crippen LogP contribution is -2.41. The number of alkyl halides is 1. The van der Waals surface area contributed by atoms with Crippen molar-refractivity contribution >= 4 is 11.9 Å². The average molecular weight is 326 g/mol. The van der Waals surface area contributed by atoms with E-state index in [9.17, 15) is 19.6 Å². The molecule has 0 saturated carbocycles. The molecule has 7 heteroatoms. The largest absolute Gasteiger partial charge is 0.507 e. The summed E-state index contributed by atoms with van der Waals surface area (Å²) >= 11 is 0. The van der Waals surface area contributed by atoms with Crippen LogP contribution in [0.4, 0.5) is 4.39 Å². The Labute approximate surface area is 138 Å². The normalized spacial score (nSPS) is 9.83. The number of hydrogen-bond acceptors (Lipinski definition) is 4. The van der Waals surface area contributed by atoms with Crippen LogP contribution in [0.5, 0.6) is 5.75 Å². The summed E-state index contributed by atoms with van der Waals surface area (Å²) in [6.45, 7) is -0.808. The number of aromatic hydroxyl groups is 1. The average Bonchev–Trinajstić information content (AvgIpc) is 2.60. The minimum absolute atomic E-state index is 0.116. The Morgan fingerprint density at radius 3 is 2.58 bits per heavy atom. The van der Waals surface area contributed by atoms with E-state index in [0.29, 0.717) is 5.56 Å². The summed E-state index contributed by atoms with van der Waals surface area (Å²) in [5.41, 5.74) is 0.951. The lowest BCUT2D eigenvalue weighted by Gasteiger charge is -2.14. The number of rotatable bonds is 4. The number of benzene rings is 2. The highest BCUT2D eigenvalue weighted by Crippen LogP contribution is 2.33. The number of halogens is 1. The Morgan fingerprint density at radius 2 is 1.96 bits per heavy atom. The van der Waals surface area contributed by atoms with Gasteiger partial charge in [-0.1, -0.05) is 30.3 Å². The third-order valence-electron chi connectivity index (χ3n) is 3.23. The van der Waals surface area contributed by atoms with E-state index in [4.69, 9.17) is 5.41 Å². The van der Waals surface area contributed by atoms with Gasteiger partial charge in [-0.2, -0.15) is 5.26 Å². The van der Waals surface area contributed by atoms with Crippen LogP contribution in [-0.2, 0) is 0 Å². The van der Waals surface area contributed by atoms with Crippen LogP contribution in [0.1, 0.15) is 15.9 Å². The Morgan fingerprint density at radius 1 is 1.25 bits per heavy atom. The maximum absolute atomic E-state index is 12.4. The fourth-order valence-electron chi connectivity index (χ4n) is 2.21. The summed E-state index contributed by atoms with van der Waals surface area (Å²) in [7, 11) is 0. The van der Waals surface area contributed by atoms with Gasteiger partial charge in [0.25, 0.3) is 5.91 Å². The van der Waals surface area contributed by atoms with E-state index in [-0.39, 0.29) is 29.0 Å². The molecule has 0 heterocycles. The van der Waals surface area contributed by atoms with E-state index in [0.717, 1.165) is 0 Å². The van der Waals surface area contributed by atoms with Gasteiger partial charge in [-0.05, 0) is 17.7 Å². The fourth-order valence-corrected chi connectivity index (χ4v) is 2.21. The molecule has 122 valence electrons. The monoisotopic (exact) mass is 326 g/mol. The molecule has 0 bridgehead atoms. The molecule has 24 heavy (non-hydrogen) atoms. The summed E-state index contributed by atoms with van der Waals surface area (Å²) in [4.78, 5) is 12.4. The fraction of sp³-hybridized carbons (Fsp3) is 0.118. The van der Waals surface area contributed by atoms with Crippen LogP contribution >= 0.6 is 0 Å². The Balaban J connectivity index is 2.48. The van der Waals surface area contributed by atoms with Crippen molar-refractivity contribution in [1.82, 2.24) is 10.6 Å². The number of amides is 1. The minimum atomic E-state index is -0.764. The maximum atomic E-state index is 12.4. The summed E-state index contributed by atoms with van der Waals surface area (Å²) < 4.78 is 12.1. The lowest BCUT2D eigenvalue weighted by atomic mass is 9.93. The molecule has 0 aliphatic rings. The first-order chi connectivity index (χ1) is 11.6. The Kier molecular flexibility index (Phi) is 5.47. The van der Waals surface area contributed by atoms with Crippen molar-refractivity contribution in [2.75, 3.05) is 13.2 Å². The topological polar surface area (TPSA) is 109 Å². The van der Waals surface area contributed by atoms with Crippen LogP contribution in [0.15, 0.2) is 42.5 Å². The molecule has 0 spiro atoms. The second-order valence-corrected chi connectivity index (χ2v) is 4.80. The van der Waals surface area contributed by atoms with Crippen LogP contribution in [0.2, 0.25) is 0 Å². The van der Waals surface area contributed by atoms with Crippen molar-refractivity contribution in [2.45, 2.75) is 0 Å². The molecule has 4 N–H and O–H groups in total. The molecule has 1 amide bonds. The first-order valence-corrected chi connectivity index (χ1v) is 7.09. The lowest BCUT2D eigenvalue weighted by molar-refractivity contribution is 0.0973. The van der Waals surface area contributed by atoms with Gasteiger partial charge in [0.1, 0.15) is 12.4 Å². The highest BCUT2D eigenvalue weighted by molar-refractivity contribution is 6.11. The SMILES string of the molecule is N#Cc1ccc(O)c(C(=O)NC(=N)NCCF)c1-c1ccccc1. The molecular formula is C17H15FN4O2. The summed E-state index contributed by atoms with van der Waals surface area (Å²) in [5, 5.41) is 31.6. The van der Waals surface area contributed by atoms with E-state index in [1.54, 1.807) is 30.3 Å². The predicted molar refractivity (Wildman–Crippen MR) is 87.4 cm³/mol. The zero-order chi connectivity index (χ0) is 17.5. The van der Waals surface area contributed by atoms with Crippen LogP contribution in [0, 0.1) is 16.7 Å². The number of phenols is 1. The molecule has 0 aliphatic carbocycles. The molecular weight excluding hydrogens is 311 g/mol. The summed E-state index contributed by atoms with van der Waals surface area (Å²) in [6, 6.07) is 13.3. The van der Waals surface area contributed by atoms with Crippen LogP contribution in [-0.4, -0.2) is 30.2 Å². The van der Waals surface area contributed by atoms with Crippen molar-refractivity contribution in [3.8, 4) is 22.9 Å². The molecule has 0 atom stereocenters. The van der Waals surface area contributed by atoms with Crippen molar-refractivity contribution in [1.29, 1.82) is 10.7 Å². The highest BCUT2D eigenvalue weighted by atomic mass is 19.1. The van der Waals surface area contributed by atoms with Crippen LogP contribution < -0.4 is 10.6 Å². The number of hydrogen-bond donors (Lipinski definition) is 4. The van der Waals surface area contributed by atoms with Crippen molar-refractivity contribution < 1.29 is 14.3 Å². The maximum Gasteiger partial charge on any atom is 0.262 e. The summed E-state index contributed by atoms with van der Waals surface area (Å²) in [6.07, 6.45) is 0. The number of guanidine groups is 1. The van der Waals surface area contributed by atoms with E-state index in [2.05, 4.69) is 10.6 Å². The molecule has 0 fully saturated rings. The number of nitrogens with one attached hydrogen (secondary N) is 3. The smallest absolute Gasteiger partial charge is 0.262 e. The second-order valence-electron chi connectivity index (χ2n) is 4.80. The molecule has 0 unspecified atom stereocenters. The molecule has 0 radical (unpaired) electrons. The Bertz CT molecular complexity index is 800. The van der Waals surface area contributed by atoms with Gasteiger partial charge >= 0.3 is 0 Å². The number of carbonyl (C=O) groups excluding carboxylic acids is 1. The van der Waals surface area contributed by atoms with Gasteiger partial charge in [0.15, 0.2) is 5.96 Å². The molecule has 0 saturated heterocycles. The van der Waals surface area contributed by atoms with Gasteiger partial charge in [0.2, 0.25) is 0 Å². The molecule has 2 rings (SSSR count). The first kappa shape index (κ1) is 17.0.